The van der Waals surface area contributed by atoms with Crippen molar-refractivity contribution < 1.29 is 35.8 Å². The van der Waals surface area contributed by atoms with Crippen LogP contribution in [0.3, 0.4) is 0 Å². The van der Waals surface area contributed by atoms with Gasteiger partial charge < -0.3 is 0 Å². The van der Waals surface area contributed by atoms with Gasteiger partial charge in [0.15, 0.2) is 34.0 Å². The molecule has 0 radical (unpaired) electrons. The van der Waals surface area contributed by atoms with Crippen LogP contribution in [0.15, 0.2) is 0 Å². The third kappa shape index (κ3) is 2.39. The highest BCUT2D eigenvalue weighted by molar-refractivity contribution is 5.50. The van der Waals surface area contributed by atoms with E-state index in [1.807, 2.05) is 0 Å². The highest BCUT2D eigenvalue weighted by Crippen LogP contribution is 2.39. The smallest absolute Gasteiger partial charge is 0.234 e. The third-order valence-electron chi connectivity index (χ3n) is 2.09. The van der Waals surface area contributed by atoms with Crippen molar-refractivity contribution >= 4 is 5.69 Å². The second-order valence-electron chi connectivity index (χ2n) is 3.24. The summed E-state index contributed by atoms with van der Waals surface area (Å²) >= 11 is 0. The van der Waals surface area contributed by atoms with Crippen LogP contribution in [0.5, 0.6) is 0 Å². The summed E-state index contributed by atoms with van der Waals surface area (Å²) in [5.74, 6) is -10.5. The number of alkyl halides is 3. The van der Waals surface area contributed by atoms with E-state index in [1.54, 1.807) is 0 Å². The largest absolute Gasteiger partial charge is 0.422 e. The van der Waals surface area contributed by atoms with Crippen LogP contribution >= 0.6 is 0 Å². The zero-order chi connectivity index (χ0) is 15.1. The van der Waals surface area contributed by atoms with Crippen LogP contribution in [0, 0.1) is 33.4 Å². The minimum absolute atomic E-state index is 0.410. The normalized spacial score (nSPS) is 11.6. The third-order valence-corrected chi connectivity index (χ3v) is 2.09. The van der Waals surface area contributed by atoms with Crippen molar-refractivity contribution in [1.82, 2.24) is 0 Å². The fraction of sp³-hybridized carbons (Fsp3) is 0.250. The molecule has 0 N–H and O–H groups in total. The zero-order valence-electron chi connectivity index (χ0n) is 8.86. The molecule has 0 aliphatic heterocycles. The number of hydrogen-bond acceptors (Lipinski definition) is 2. The molecule has 0 atom stereocenters. The minimum Gasteiger partial charge on any atom is -0.234 e. The summed E-state index contributed by atoms with van der Waals surface area (Å²) in [6, 6.07) is 0. The lowest BCUT2D eigenvalue weighted by Crippen LogP contribution is -2.28. The van der Waals surface area contributed by atoms with E-state index in [0.717, 1.165) is 0 Å². The lowest BCUT2D eigenvalue weighted by atomic mass is 10.1. The van der Waals surface area contributed by atoms with Gasteiger partial charge in [0.1, 0.15) is 5.56 Å². The maximum absolute atomic E-state index is 13.2. The van der Waals surface area contributed by atoms with Gasteiger partial charge in [0.2, 0.25) is 0 Å². The number of hydrogen-bond donors (Lipinski definition) is 0. The molecular weight excluding hydrogens is 289 g/mol. The van der Waals surface area contributed by atoms with E-state index in [-0.39, 0.29) is 0 Å². The molecule has 1 aromatic rings. The summed E-state index contributed by atoms with van der Waals surface area (Å²) in [4.78, 5) is 10.2. The predicted octanol–water partition coefficient (Wildman–Crippen LogP) is 2.89. The first-order valence-electron chi connectivity index (χ1n) is 4.31. The SMILES string of the molecule is CN(c1c(F)c(F)c(C(F)(F)F)c(F)c1F)[N+](=O)[O-]. The van der Waals surface area contributed by atoms with Crippen LogP contribution in [0.1, 0.15) is 5.56 Å². The molecule has 0 aromatic heterocycles. The summed E-state index contributed by atoms with van der Waals surface area (Å²) in [5, 5.41) is 8.30. The van der Waals surface area contributed by atoms with E-state index in [4.69, 9.17) is 0 Å². The van der Waals surface area contributed by atoms with Crippen LogP contribution < -0.4 is 5.01 Å². The molecule has 0 saturated heterocycles. The van der Waals surface area contributed by atoms with Gasteiger partial charge in [-0.2, -0.15) is 13.2 Å². The molecule has 0 fully saturated rings. The van der Waals surface area contributed by atoms with E-state index in [9.17, 15) is 40.8 Å². The summed E-state index contributed by atoms with van der Waals surface area (Å²) in [7, 11) is 0.410. The van der Waals surface area contributed by atoms with E-state index < -0.39 is 50.7 Å². The quantitative estimate of drug-likeness (QED) is 0.364. The molecule has 1 rings (SSSR count). The first kappa shape index (κ1) is 15.0. The lowest BCUT2D eigenvalue weighted by Gasteiger charge is -2.15. The number of anilines is 1. The van der Waals surface area contributed by atoms with Gasteiger partial charge in [-0.3, -0.25) is 0 Å². The second kappa shape index (κ2) is 4.55. The standard InChI is InChI=1S/C8H3F7N2O2/c1-16(17(18)19)7-5(11)3(9)2(8(13,14)15)4(10)6(7)12/h1H3. The Kier molecular flexibility index (Phi) is 3.59. The Morgan fingerprint density at radius 2 is 1.37 bits per heavy atom. The minimum atomic E-state index is -5.69. The van der Waals surface area contributed by atoms with E-state index >= 15 is 0 Å². The highest BCUT2D eigenvalue weighted by atomic mass is 19.4. The Bertz CT molecular complexity index is 514. The van der Waals surface area contributed by atoms with Crippen LogP contribution in [0.25, 0.3) is 0 Å². The first-order chi connectivity index (χ1) is 8.50. The average molecular weight is 292 g/mol. The van der Waals surface area contributed by atoms with Gasteiger partial charge in [-0.15, -0.1) is 0 Å². The van der Waals surface area contributed by atoms with Gasteiger partial charge in [0.25, 0.3) is 0 Å². The Balaban J connectivity index is 3.71. The van der Waals surface area contributed by atoms with Gasteiger partial charge in [-0.25, -0.2) is 27.7 Å². The molecule has 0 aliphatic rings. The summed E-state index contributed by atoms with van der Waals surface area (Å²) in [6.07, 6.45) is -5.69. The summed E-state index contributed by atoms with van der Waals surface area (Å²) in [6.45, 7) is 0. The molecule has 0 bridgehead atoms. The van der Waals surface area contributed by atoms with Gasteiger partial charge in [-0.05, 0) is 0 Å². The molecule has 19 heavy (non-hydrogen) atoms. The number of benzene rings is 1. The molecule has 0 spiro atoms. The van der Waals surface area contributed by atoms with E-state index in [2.05, 4.69) is 0 Å². The molecule has 106 valence electrons. The topological polar surface area (TPSA) is 46.4 Å². The van der Waals surface area contributed by atoms with E-state index in [1.165, 1.54) is 0 Å². The van der Waals surface area contributed by atoms with Crippen molar-refractivity contribution in [2.24, 2.45) is 0 Å². The van der Waals surface area contributed by atoms with Crippen molar-refractivity contribution in [1.29, 1.82) is 0 Å². The van der Waals surface area contributed by atoms with Gasteiger partial charge in [0.05, 0.1) is 7.05 Å². The Morgan fingerprint density at radius 1 is 1.00 bits per heavy atom. The lowest BCUT2D eigenvalue weighted by molar-refractivity contribution is -0.491. The molecule has 1 aromatic carbocycles. The average Bonchev–Trinajstić information content (AvgIpc) is 2.24. The fourth-order valence-electron chi connectivity index (χ4n) is 1.23. The summed E-state index contributed by atoms with van der Waals surface area (Å²) in [5.41, 5.74) is -4.66. The van der Waals surface area contributed by atoms with Crippen molar-refractivity contribution in [3.63, 3.8) is 0 Å². The van der Waals surface area contributed by atoms with E-state index in [0.29, 0.717) is 7.05 Å². The molecular formula is C8H3F7N2O2. The van der Waals surface area contributed by atoms with Gasteiger partial charge in [-0.1, -0.05) is 5.01 Å². The molecule has 11 heteroatoms. The number of nitrogens with zero attached hydrogens (tertiary/aromatic N) is 2. The monoisotopic (exact) mass is 292 g/mol. The van der Waals surface area contributed by atoms with Crippen molar-refractivity contribution in [2.45, 2.75) is 6.18 Å². The Labute approximate surface area is 99.7 Å². The molecule has 4 nitrogen and oxygen atoms in total. The molecule has 0 unspecified atom stereocenters. The van der Waals surface area contributed by atoms with Crippen LogP contribution in [0.4, 0.5) is 36.4 Å². The Hall–Kier alpha value is -2.07. The predicted molar refractivity (Wildman–Crippen MR) is 46.7 cm³/mol. The van der Waals surface area contributed by atoms with Gasteiger partial charge in [0, 0.05) is 0 Å². The number of nitro groups is 1. The molecule has 0 amide bonds. The summed E-state index contributed by atoms with van der Waals surface area (Å²) < 4.78 is 89.2. The molecule has 0 saturated carbocycles. The van der Waals surface area contributed by atoms with Crippen LogP contribution in [-0.2, 0) is 6.18 Å². The maximum Gasteiger partial charge on any atom is 0.422 e. The van der Waals surface area contributed by atoms with Crippen LogP contribution in [-0.4, -0.2) is 12.1 Å². The van der Waals surface area contributed by atoms with Gasteiger partial charge >= 0.3 is 6.18 Å². The Morgan fingerprint density at radius 3 is 1.63 bits per heavy atom. The van der Waals surface area contributed by atoms with Crippen molar-refractivity contribution in [3.8, 4) is 0 Å². The number of rotatable bonds is 2. The fourth-order valence-corrected chi connectivity index (χ4v) is 1.23. The first-order valence-corrected chi connectivity index (χ1v) is 4.31. The van der Waals surface area contributed by atoms with Crippen LogP contribution in [0.2, 0.25) is 0 Å². The molecule has 0 heterocycles. The van der Waals surface area contributed by atoms with Crippen molar-refractivity contribution in [2.75, 3.05) is 12.1 Å². The highest BCUT2D eigenvalue weighted by Gasteiger charge is 2.43. The number of halogens is 7. The van der Waals surface area contributed by atoms with Crippen molar-refractivity contribution in [3.05, 3.63) is 38.9 Å². The zero-order valence-corrected chi connectivity index (χ0v) is 8.86. The maximum atomic E-state index is 13.2. The number of hydrazine groups is 1. The second-order valence-corrected chi connectivity index (χ2v) is 3.24. The molecule has 0 aliphatic carbocycles.